The van der Waals surface area contributed by atoms with E-state index >= 15 is 0 Å². The lowest BCUT2D eigenvalue weighted by molar-refractivity contribution is 0.482. The Kier molecular flexibility index (Phi) is 3.61. The van der Waals surface area contributed by atoms with Crippen LogP contribution in [0, 0.1) is 0 Å². The molecule has 0 aliphatic heterocycles. The Morgan fingerprint density at radius 3 is 2.41 bits per heavy atom. The molecule has 0 N–H and O–H groups in total. The van der Waals surface area contributed by atoms with E-state index in [0.29, 0.717) is 5.92 Å². The minimum absolute atomic E-state index is 0.342. The van der Waals surface area contributed by atoms with Crippen LogP contribution in [-0.4, -0.2) is 0 Å². The first-order chi connectivity index (χ1) is 8.29. The first-order valence-corrected chi connectivity index (χ1v) is 5.75. The zero-order valence-electron chi connectivity index (χ0n) is 9.97. The van der Waals surface area contributed by atoms with Crippen LogP contribution < -0.4 is 4.74 Å². The van der Waals surface area contributed by atoms with E-state index in [0.717, 1.165) is 11.5 Å². The molecule has 0 amide bonds. The number of benzene rings is 2. The van der Waals surface area contributed by atoms with Crippen molar-refractivity contribution in [1.29, 1.82) is 0 Å². The number of rotatable bonds is 4. The van der Waals surface area contributed by atoms with E-state index in [4.69, 9.17) is 4.74 Å². The molecule has 17 heavy (non-hydrogen) atoms. The van der Waals surface area contributed by atoms with Gasteiger partial charge in [0.15, 0.2) is 0 Å². The van der Waals surface area contributed by atoms with Gasteiger partial charge in [-0.25, -0.2) is 0 Å². The van der Waals surface area contributed by atoms with E-state index in [1.807, 2.05) is 48.5 Å². The van der Waals surface area contributed by atoms with E-state index in [-0.39, 0.29) is 0 Å². The summed E-state index contributed by atoms with van der Waals surface area (Å²) < 4.78 is 5.78. The number of hydrogen-bond acceptors (Lipinski definition) is 1. The molecule has 0 aliphatic rings. The largest absolute Gasteiger partial charge is 0.457 e. The van der Waals surface area contributed by atoms with Crippen molar-refractivity contribution in [3.63, 3.8) is 0 Å². The summed E-state index contributed by atoms with van der Waals surface area (Å²) in [6.45, 7) is 5.93. The van der Waals surface area contributed by atoms with Gasteiger partial charge in [-0.3, -0.25) is 0 Å². The van der Waals surface area contributed by atoms with Gasteiger partial charge in [-0.05, 0) is 35.7 Å². The summed E-state index contributed by atoms with van der Waals surface area (Å²) >= 11 is 0. The van der Waals surface area contributed by atoms with Gasteiger partial charge in [0, 0.05) is 0 Å². The molecule has 0 saturated heterocycles. The molecule has 0 heterocycles. The van der Waals surface area contributed by atoms with Crippen molar-refractivity contribution in [3.8, 4) is 11.5 Å². The van der Waals surface area contributed by atoms with Crippen LogP contribution in [-0.2, 0) is 0 Å². The van der Waals surface area contributed by atoms with Crippen LogP contribution in [0.15, 0.2) is 67.3 Å². The van der Waals surface area contributed by atoms with E-state index in [1.54, 1.807) is 0 Å². The fourth-order valence-corrected chi connectivity index (χ4v) is 1.62. The van der Waals surface area contributed by atoms with E-state index in [2.05, 4.69) is 25.6 Å². The molecule has 0 bridgehead atoms. The lowest BCUT2D eigenvalue weighted by Gasteiger charge is -2.10. The van der Waals surface area contributed by atoms with Gasteiger partial charge in [0.1, 0.15) is 11.5 Å². The summed E-state index contributed by atoms with van der Waals surface area (Å²) in [7, 11) is 0. The van der Waals surface area contributed by atoms with Gasteiger partial charge in [-0.15, -0.1) is 6.58 Å². The molecule has 2 rings (SSSR count). The highest BCUT2D eigenvalue weighted by atomic mass is 16.5. The molecular weight excluding hydrogens is 208 g/mol. The van der Waals surface area contributed by atoms with Crippen molar-refractivity contribution < 1.29 is 4.74 Å². The second-order valence-electron chi connectivity index (χ2n) is 4.01. The topological polar surface area (TPSA) is 9.23 Å². The molecule has 0 aliphatic carbocycles. The minimum atomic E-state index is 0.342. The zero-order valence-corrected chi connectivity index (χ0v) is 9.97. The molecule has 0 saturated carbocycles. The Balaban J connectivity index is 2.19. The Morgan fingerprint density at radius 1 is 1.00 bits per heavy atom. The number of ether oxygens (including phenoxy) is 1. The average molecular weight is 224 g/mol. The Morgan fingerprint density at radius 2 is 1.71 bits per heavy atom. The van der Waals surface area contributed by atoms with Gasteiger partial charge < -0.3 is 4.74 Å². The maximum atomic E-state index is 5.78. The quantitative estimate of drug-likeness (QED) is 0.680. The molecule has 2 aromatic rings. The summed E-state index contributed by atoms with van der Waals surface area (Å²) in [5, 5.41) is 0. The standard InChI is InChI=1S/C16H16O/c1-3-13(2)14-8-7-11-16(12-14)17-15-9-5-4-6-10-15/h3-13H,1H2,2H3. The van der Waals surface area contributed by atoms with Crippen LogP contribution in [0.25, 0.3) is 0 Å². The van der Waals surface area contributed by atoms with E-state index in [9.17, 15) is 0 Å². The maximum absolute atomic E-state index is 5.78. The highest BCUT2D eigenvalue weighted by molar-refractivity contribution is 5.35. The minimum Gasteiger partial charge on any atom is -0.457 e. The maximum Gasteiger partial charge on any atom is 0.127 e. The van der Waals surface area contributed by atoms with Gasteiger partial charge >= 0.3 is 0 Å². The molecule has 1 nitrogen and oxygen atoms in total. The Hall–Kier alpha value is -2.02. The van der Waals surface area contributed by atoms with Crippen molar-refractivity contribution in [2.24, 2.45) is 0 Å². The van der Waals surface area contributed by atoms with Gasteiger partial charge in [0.2, 0.25) is 0 Å². The number of para-hydroxylation sites is 1. The zero-order chi connectivity index (χ0) is 12.1. The van der Waals surface area contributed by atoms with Gasteiger partial charge in [0.05, 0.1) is 0 Å². The Bertz CT molecular complexity index is 488. The third-order valence-corrected chi connectivity index (χ3v) is 2.72. The molecule has 86 valence electrons. The number of hydrogen-bond donors (Lipinski definition) is 0. The first kappa shape index (κ1) is 11.5. The summed E-state index contributed by atoms with van der Waals surface area (Å²) in [4.78, 5) is 0. The smallest absolute Gasteiger partial charge is 0.127 e. The fourth-order valence-electron chi connectivity index (χ4n) is 1.62. The molecule has 0 spiro atoms. The van der Waals surface area contributed by atoms with Gasteiger partial charge in [-0.1, -0.05) is 43.3 Å². The van der Waals surface area contributed by atoms with Crippen LogP contribution in [0.3, 0.4) is 0 Å². The van der Waals surface area contributed by atoms with Crippen molar-refractivity contribution in [3.05, 3.63) is 72.8 Å². The molecule has 0 aromatic heterocycles. The van der Waals surface area contributed by atoms with Crippen LogP contribution in [0.5, 0.6) is 11.5 Å². The average Bonchev–Trinajstić information content (AvgIpc) is 2.39. The SMILES string of the molecule is C=CC(C)c1cccc(Oc2ccccc2)c1. The summed E-state index contributed by atoms with van der Waals surface area (Å²) in [5.74, 6) is 2.06. The fraction of sp³-hybridized carbons (Fsp3) is 0.125. The van der Waals surface area contributed by atoms with Crippen molar-refractivity contribution in [2.75, 3.05) is 0 Å². The predicted molar refractivity (Wildman–Crippen MR) is 71.6 cm³/mol. The summed E-state index contributed by atoms with van der Waals surface area (Å²) in [5.41, 5.74) is 1.22. The molecule has 2 aromatic carbocycles. The summed E-state index contributed by atoms with van der Waals surface area (Å²) in [6, 6.07) is 17.9. The van der Waals surface area contributed by atoms with Gasteiger partial charge in [-0.2, -0.15) is 0 Å². The molecule has 1 heteroatoms. The second-order valence-corrected chi connectivity index (χ2v) is 4.01. The van der Waals surface area contributed by atoms with Crippen LogP contribution >= 0.6 is 0 Å². The van der Waals surface area contributed by atoms with Gasteiger partial charge in [0.25, 0.3) is 0 Å². The second kappa shape index (κ2) is 5.35. The van der Waals surface area contributed by atoms with Crippen molar-refractivity contribution in [2.45, 2.75) is 12.8 Å². The van der Waals surface area contributed by atoms with Crippen LogP contribution in [0.4, 0.5) is 0 Å². The third kappa shape index (κ3) is 2.97. The Labute approximate surface area is 102 Å². The van der Waals surface area contributed by atoms with E-state index in [1.165, 1.54) is 5.56 Å². The van der Waals surface area contributed by atoms with Crippen LogP contribution in [0.1, 0.15) is 18.4 Å². The molecule has 0 radical (unpaired) electrons. The normalized spacial score (nSPS) is 11.8. The highest BCUT2D eigenvalue weighted by Crippen LogP contribution is 2.25. The predicted octanol–water partition coefficient (Wildman–Crippen LogP) is 4.77. The first-order valence-electron chi connectivity index (χ1n) is 5.75. The van der Waals surface area contributed by atoms with E-state index < -0.39 is 0 Å². The number of allylic oxidation sites excluding steroid dienone is 1. The molecule has 1 unspecified atom stereocenters. The molecule has 0 fully saturated rings. The lowest BCUT2D eigenvalue weighted by Crippen LogP contribution is -1.90. The monoisotopic (exact) mass is 224 g/mol. The lowest BCUT2D eigenvalue weighted by atomic mass is 10.0. The van der Waals surface area contributed by atoms with Crippen LogP contribution in [0.2, 0.25) is 0 Å². The highest BCUT2D eigenvalue weighted by Gasteiger charge is 2.03. The molecule has 1 atom stereocenters. The van der Waals surface area contributed by atoms with Crippen molar-refractivity contribution in [1.82, 2.24) is 0 Å². The summed E-state index contributed by atoms with van der Waals surface area (Å²) in [6.07, 6.45) is 1.93. The molecular formula is C16H16O. The van der Waals surface area contributed by atoms with Crippen molar-refractivity contribution >= 4 is 0 Å². The third-order valence-electron chi connectivity index (χ3n) is 2.72.